The molecule has 0 aliphatic carbocycles. The lowest BCUT2D eigenvalue weighted by molar-refractivity contribution is 0.103. The van der Waals surface area contributed by atoms with Gasteiger partial charge in [0.1, 0.15) is 5.82 Å². The quantitative estimate of drug-likeness (QED) is 0.664. The summed E-state index contributed by atoms with van der Waals surface area (Å²) in [4.78, 5) is 14.3. The standard InChI is InChI=1S/C14H14FNOS/c1-7-4-11(9(3)18-7)14(17)10-5-12(15)8(2)13(16)6-10/h4-6H,16H2,1-3H3. The first kappa shape index (κ1) is 12.8. The molecule has 0 fully saturated rings. The van der Waals surface area contributed by atoms with Crippen LogP contribution in [0.1, 0.15) is 31.2 Å². The number of rotatable bonds is 2. The van der Waals surface area contributed by atoms with E-state index in [0.717, 1.165) is 9.75 Å². The summed E-state index contributed by atoms with van der Waals surface area (Å²) in [6.07, 6.45) is 0. The number of carbonyl (C=O) groups excluding carboxylic acids is 1. The monoisotopic (exact) mass is 263 g/mol. The fourth-order valence-corrected chi connectivity index (χ4v) is 2.76. The lowest BCUT2D eigenvalue weighted by atomic mass is 10.0. The molecule has 0 aliphatic heterocycles. The lowest BCUT2D eigenvalue weighted by Gasteiger charge is -2.06. The number of nitrogens with two attached hydrogens (primary N) is 1. The molecule has 2 nitrogen and oxygen atoms in total. The zero-order valence-corrected chi connectivity index (χ0v) is 11.3. The molecule has 0 saturated heterocycles. The second-order valence-electron chi connectivity index (χ2n) is 4.33. The Kier molecular flexibility index (Phi) is 3.22. The van der Waals surface area contributed by atoms with Gasteiger partial charge in [0.25, 0.3) is 0 Å². The van der Waals surface area contributed by atoms with Crippen molar-refractivity contribution in [1.29, 1.82) is 0 Å². The van der Waals surface area contributed by atoms with Gasteiger partial charge in [0, 0.05) is 32.1 Å². The number of anilines is 1. The van der Waals surface area contributed by atoms with E-state index >= 15 is 0 Å². The van der Waals surface area contributed by atoms with Crippen molar-refractivity contribution in [1.82, 2.24) is 0 Å². The number of halogens is 1. The Morgan fingerprint density at radius 1 is 1.22 bits per heavy atom. The lowest BCUT2D eigenvalue weighted by Crippen LogP contribution is -2.05. The minimum atomic E-state index is -0.442. The highest BCUT2D eigenvalue weighted by atomic mass is 32.1. The molecule has 0 unspecified atom stereocenters. The van der Waals surface area contributed by atoms with Gasteiger partial charge in [0.2, 0.25) is 0 Å². The van der Waals surface area contributed by atoms with E-state index < -0.39 is 5.82 Å². The molecule has 1 heterocycles. The molecular weight excluding hydrogens is 249 g/mol. The molecule has 0 bridgehead atoms. The van der Waals surface area contributed by atoms with Crippen LogP contribution in [0.25, 0.3) is 0 Å². The summed E-state index contributed by atoms with van der Waals surface area (Å²) in [7, 11) is 0. The van der Waals surface area contributed by atoms with Gasteiger partial charge >= 0.3 is 0 Å². The van der Waals surface area contributed by atoms with Gasteiger partial charge in [0.05, 0.1) is 0 Å². The van der Waals surface area contributed by atoms with E-state index in [1.807, 2.05) is 19.9 Å². The summed E-state index contributed by atoms with van der Waals surface area (Å²) in [6, 6.07) is 4.62. The molecule has 2 N–H and O–H groups in total. The maximum Gasteiger partial charge on any atom is 0.194 e. The number of benzene rings is 1. The van der Waals surface area contributed by atoms with Crippen LogP contribution in [-0.4, -0.2) is 5.78 Å². The van der Waals surface area contributed by atoms with Gasteiger partial charge < -0.3 is 5.73 Å². The summed E-state index contributed by atoms with van der Waals surface area (Å²) < 4.78 is 13.6. The van der Waals surface area contributed by atoms with Crippen LogP contribution in [0.5, 0.6) is 0 Å². The second kappa shape index (κ2) is 4.53. The van der Waals surface area contributed by atoms with Crippen molar-refractivity contribution >= 4 is 22.8 Å². The van der Waals surface area contributed by atoms with E-state index in [4.69, 9.17) is 5.73 Å². The number of carbonyl (C=O) groups is 1. The minimum absolute atomic E-state index is 0.178. The van der Waals surface area contributed by atoms with Crippen molar-refractivity contribution in [3.05, 3.63) is 50.5 Å². The summed E-state index contributed by atoms with van der Waals surface area (Å²) >= 11 is 1.56. The molecule has 2 aromatic rings. The van der Waals surface area contributed by atoms with Gasteiger partial charge in [-0.05, 0) is 39.0 Å². The summed E-state index contributed by atoms with van der Waals surface area (Å²) in [5, 5.41) is 0. The first-order valence-electron chi connectivity index (χ1n) is 5.57. The molecule has 0 saturated carbocycles. The third kappa shape index (κ3) is 2.16. The van der Waals surface area contributed by atoms with Crippen molar-refractivity contribution in [3.63, 3.8) is 0 Å². The zero-order chi connectivity index (χ0) is 13.4. The minimum Gasteiger partial charge on any atom is -0.398 e. The first-order valence-corrected chi connectivity index (χ1v) is 6.39. The molecule has 0 atom stereocenters. The van der Waals surface area contributed by atoms with E-state index in [1.54, 1.807) is 18.3 Å². The van der Waals surface area contributed by atoms with Gasteiger partial charge in [-0.3, -0.25) is 4.79 Å². The van der Waals surface area contributed by atoms with Crippen LogP contribution in [0.4, 0.5) is 10.1 Å². The van der Waals surface area contributed by atoms with Gasteiger partial charge in [0.15, 0.2) is 5.78 Å². The summed E-state index contributed by atoms with van der Waals surface area (Å²) in [5.41, 5.74) is 7.31. The molecule has 94 valence electrons. The molecule has 18 heavy (non-hydrogen) atoms. The maximum absolute atomic E-state index is 13.6. The van der Waals surface area contributed by atoms with Crippen LogP contribution in [0, 0.1) is 26.6 Å². The summed E-state index contributed by atoms with van der Waals surface area (Å²) in [5.74, 6) is -0.620. The van der Waals surface area contributed by atoms with Crippen molar-refractivity contribution < 1.29 is 9.18 Å². The fraction of sp³-hybridized carbons (Fsp3) is 0.214. The molecule has 4 heteroatoms. The summed E-state index contributed by atoms with van der Waals surface area (Å²) in [6.45, 7) is 5.43. The molecule has 0 aliphatic rings. The number of hydrogen-bond donors (Lipinski definition) is 1. The largest absolute Gasteiger partial charge is 0.398 e. The van der Waals surface area contributed by atoms with E-state index in [1.165, 1.54) is 12.1 Å². The Hall–Kier alpha value is -1.68. The van der Waals surface area contributed by atoms with Gasteiger partial charge in [-0.25, -0.2) is 4.39 Å². The Labute approximate surface area is 109 Å². The number of ketones is 1. The normalized spacial score (nSPS) is 10.7. The van der Waals surface area contributed by atoms with Crippen LogP contribution in [0.15, 0.2) is 18.2 Å². The van der Waals surface area contributed by atoms with Crippen LogP contribution in [-0.2, 0) is 0 Å². The molecule has 0 spiro atoms. The van der Waals surface area contributed by atoms with Crippen molar-refractivity contribution in [2.24, 2.45) is 0 Å². The Morgan fingerprint density at radius 2 is 1.89 bits per heavy atom. The molecule has 1 aromatic carbocycles. The van der Waals surface area contributed by atoms with Gasteiger partial charge in [-0.2, -0.15) is 0 Å². The highest BCUT2D eigenvalue weighted by Gasteiger charge is 2.16. The predicted molar refractivity (Wildman–Crippen MR) is 72.8 cm³/mol. The molecule has 0 amide bonds. The smallest absolute Gasteiger partial charge is 0.194 e. The number of aryl methyl sites for hydroxylation is 2. The molecular formula is C14H14FNOS. The van der Waals surface area contributed by atoms with Gasteiger partial charge in [-0.15, -0.1) is 11.3 Å². The number of thiophene rings is 1. The highest BCUT2D eigenvalue weighted by Crippen LogP contribution is 2.25. The Morgan fingerprint density at radius 3 is 2.39 bits per heavy atom. The average Bonchev–Trinajstić information content (AvgIpc) is 2.63. The van der Waals surface area contributed by atoms with Crippen molar-refractivity contribution in [3.8, 4) is 0 Å². The van der Waals surface area contributed by atoms with Crippen LogP contribution < -0.4 is 5.73 Å². The highest BCUT2D eigenvalue weighted by molar-refractivity contribution is 7.12. The molecule has 1 aromatic heterocycles. The van der Waals surface area contributed by atoms with Crippen LogP contribution in [0.3, 0.4) is 0 Å². The van der Waals surface area contributed by atoms with E-state index in [0.29, 0.717) is 22.4 Å². The molecule has 0 radical (unpaired) electrons. The number of hydrogen-bond acceptors (Lipinski definition) is 3. The average molecular weight is 263 g/mol. The number of nitrogen functional groups attached to an aromatic ring is 1. The van der Waals surface area contributed by atoms with Crippen molar-refractivity contribution in [2.45, 2.75) is 20.8 Å². The molecule has 2 rings (SSSR count). The first-order chi connectivity index (χ1) is 8.40. The third-order valence-corrected chi connectivity index (χ3v) is 3.90. The predicted octanol–water partition coefficient (Wildman–Crippen LogP) is 3.63. The van der Waals surface area contributed by atoms with Gasteiger partial charge in [-0.1, -0.05) is 0 Å². The topological polar surface area (TPSA) is 43.1 Å². The van der Waals surface area contributed by atoms with E-state index in [2.05, 4.69) is 0 Å². The van der Waals surface area contributed by atoms with Crippen LogP contribution in [0.2, 0.25) is 0 Å². The van der Waals surface area contributed by atoms with Crippen molar-refractivity contribution in [2.75, 3.05) is 5.73 Å². The van der Waals surface area contributed by atoms with E-state index in [9.17, 15) is 9.18 Å². The Bertz CT molecular complexity index is 608. The van der Waals surface area contributed by atoms with Crippen LogP contribution >= 0.6 is 11.3 Å². The second-order valence-corrected chi connectivity index (χ2v) is 5.79. The third-order valence-electron chi connectivity index (χ3n) is 2.93. The fourth-order valence-electron chi connectivity index (χ4n) is 1.84. The Balaban J connectivity index is 2.50. The zero-order valence-electron chi connectivity index (χ0n) is 10.5. The van der Waals surface area contributed by atoms with E-state index in [-0.39, 0.29) is 5.78 Å². The maximum atomic E-state index is 13.6. The SMILES string of the molecule is Cc1cc(C(=O)c2cc(N)c(C)c(F)c2)c(C)s1.